The van der Waals surface area contributed by atoms with E-state index < -0.39 is 14.5 Å². The SMILES string of the molecule is CC(=O)CCC(=O)OP(N)O. The van der Waals surface area contributed by atoms with Crippen LogP contribution in [0, 0.1) is 0 Å². The second-order valence-electron chi connectivity index (χ2n) is 1.97. The summed E-state index contributed by atoms with van der Waals surface area (Å²) in [5, 5.41) is 0. The summed E-state index contributed by atoms with van der Waals surface area (Å²) in [7, 11) is -2.13. The Kier molecular flexibility index (Phi) is 4.94. The number of carbonyl (C=O) groups excluding carboxylic acids is 2. The first-order chi connectivity index (χ1) is 5.02. The molecule has 0 fully saturated rings. The first-order valence-electron chi connectivity index (χ1n) is 2.96. The van der Waals surface area contributed by atoms with E-state index in [0.29, 0.717) is 0 Å². The van der Waals surface area contributed by atoms with E-state index in [1.165, 1.54) is 6.92 Å². The van der Waals surface area contributed by atoms with Crippen LogP contribution in [-0.2, 0) is 14.1 Å². The first kappa shape index (κ1) is 10.5. The van der Waals surface area contributed by atoms with Crippen molar-refractivity contribution in [2.45, 2.75) is 19.8 Å². The van der Waals surface area contributed by atoms with Crippen molar-refractivity contribution in [2.75, 3.05) is 0 Å². The van der Waals surface area contributed by atoms with E-state index in [2.05, 4.69) is 4.52 Å². The third kappa shape index (κ3) is 7.39. The Hall–Kier alpha value is -0.510. The van der Waals surface area contributed by atoms with Gasteiger partial charge in [0.05, 0.1) is 6.42 Å². The van der Waals surface area contributed by atoms with Gasteiger partial charge in [-0.05, 0) is 6.92 Å². The summed E-state index contributed by atoms with van der Waals surface area (Å²) < 4.78 is 4.21. The Bertz CT molecular complexity index is 159. The molecule has 64 valence electrons. The van der Waals surface area contributed by atoms with Gasteiger partial charge in [0.2, 0.25) is 0 Å². The zero-order chi connectivity index (χ0) is 8.85. The fourth-order valence-electron chi connectivity index (χ4n) is 0.428. The number of nitrogens with two attached hydrogens (primary N) is 1. The van der Waals surface area contributed by atoms with Crippen molar-refractivity contribution in [3.63, 3.8) is 0 Å². The van der Waals surface area contributed by atoms with Gasteiger partial charge in [0.1, 0.15) is 5.78 Å². The molecule has 0 radical (unpaired) electrons. The molecule has 0 rings (SSSR count). The zero-order valence-corrected chi connectivity index (χ0v) is 7.01. The summed E-state index contributed by atoms with van der Waals surface area (Å²) in [6.07, 6.45) is 0.105. The molecule has 3 N–H and O–H groups in total. The van der Waals surface area contributed by atoms with Gasteiger partial charge in [-0.1, -0.05) is 0 Å². The third-order valence-electron chi connectivity index (χ3n) is 0.877. The molecule has 0 amide bonds. The van der Waals surface area contributed by atoms with Gasteiger partial charge in [0, 0.05) is 6.42 Å². The molecule has 0 aliphatic heterocycles. The minimum Gasteiger partial charge on any atom is -0.404 e. The van der Waals surface area contributed by atoms with E-state index in [9.17, 15) is 9.59 Å². The van der Waals surface area contributed by atoms with Crippen LogP contribution in [0.4, 0.5) is 0 Å². The second kappa shape index (κ2) is 5.18. The molecule has 6 heteroatoms. The summed E-state index contributed by atoms with van der Waals surface area (Å²) in [5.41, 5.74) is 4.79. The smallest absolute Gasteiger partial charge is 0.314 e. The zero-order valence-electron chi connectivity index (χ0n) is 6.11. The molecular formula is C5H10NO4P. The van der Waals surface area contributed by atoms with Crippen LogP contribution in [0.1, 0.15) is 19.8 Å². The molecule has 1 atom stereocenters. The number of Topliss-reactive ketones (excluding diaryl/α,β-unsaturated/α-hetero) is 1. The standard InChI is InChI=1S/C5H10NO4P/c1-4(7)2-3-5(8)10-11(6)9/h9H,2-3,6H2,1H3. The average molecular weight is 179 g/mol. The Labute approximate surface area is 65.5 Å². The summed E-state index contributed by atoms with van der Waals surface area (Å²) >= 11 is 0. The van der Waals surface area contributed by atoms with E-state index in [-0.39, 0.29) is 18.6 Å². The van der Waals surface area contributed by atoms with Crippen LogP contribution in [-0.4, -0.2) is 16.6 Å². The van der Waals surface area contributed by atoms with Gasteiger partial charge in [-0.3, -0.25) is 10.3 Å². The molecule has 0 aliphatic carbocycles. The minimum absolute atomic E-state index is 0.0219. The van der Waals surface area contributed by atoms with Crippen LogP contribution in [0.5, 0.6) is 0 Å². The van der Waals surface area contributed by atoms with Crippen LogP contribution in [0.2, 0.25) is 0 Å². The lowest BCUT2D eigenvalue weighted by Crippen LogP contribution is -2.05. The van der Waals surface area contributed by atoms with Crippen LogP contribution in [0.3, 0.4) is 0 Å². The first-order valence-corrected chi connectivity index (χ1v) is 4.24. The predicted molar refractivity (Wildman–Crippen MR) is 39.3 cm³/mol. The molecule has 1 unspecified atom stereocenters. The van der Waals surface area contributed by atoms with Crippen molar-refractivity contribution in [1.29, 1.82) is 0 Å². The maximum atomic E-state index is 10.6. The van der Waals surface area contributed by atoms with Crippen molar-refractivity contribution in [1.82, 2.24) is 0 Å². The van der Waals surface area contributed by atoms with Crippen LogP contribution < -0.4 is 5.50 Å². The Morgan fingerprint density at radius 2 is 2.09 bits per heavy atom. The Balaban J connectivity index is 3.45. The van der Waals surface area contributed by atoms with Crippen molar-refractivity contribution < 1.29 is 19.0 Å². The second-order valence-corrected chi connectivity index (χ2v) is 2.76. The van der Waals surface area contributed by atoms with Gasteiger partial charge < -0.3 is 14.2 Å². The van der Waals surface area contributed by atoms with E-state index in [4.69, 9.17) is 10.4 Å². The summed E-state index contributed by atoms with van der Waals surface area (Å²) in [4.78, 5) is 29.3. The number of hydrogen-bond acceptors (Lipinski definition) is 5. The highest BCUT2D eigenvalue weighted by Crippen LogP contribution is 2.20. The molecule has 0 bridgehead atoms. The molecule has 0 heterocycles. The number of hydrogen-bond donors (Lipinski definition) is 2. The molecule has 0 saturated carbocycles. The number of rotatable bonds is 4. The molecule has 0 spiro atoms. The van der Waals surface area contributed by atoms with Crippen molar-refractivity contribution in [2.24, 2.45) is 5.50 Å². The predicted octanol–water partition coefficient (Wildman–Crippen LogP) is 0.0767. The fourth-order valence-corrected chi connectivity index (χ4v) is 0.728. The van der Waals surface area contributed by atoms with Crippen LogP contribution in [0.25, 0.3) is 0 Å². The molecule has 0 aromatic heterocycles. The average Bonchev–Trinajstić information content (AvgIpc) is 1.82. The van der Waals surface area contributed by atoms with Crippen LogP contribution >= 0.6 is 8.53 Å². The van der Waals surface area contributed by atoms with E-state index >= 15 is 0 Å². The largest absolute Gasteiger partial charge is 0.404 e. The highest BCUT2D eigenvalue weighted by atomic mass is 31.2. The molecular weight excluding hydrogens is 169 g/mol. The lowest BCUT2D eigenvalue weighted by atomic mass is 10.2. The Morgan fingerprint density at radius 1 is 1.55 bits per heavy atom. The molecule has 0 aromatic carbocycles. The highest BCUT2D eigenvalue weighted by molar-refractivity contribution is 7.43. The molecule has 5 nitrogen and oxygen atoms in total. The number of ketones is 1. The van der Waals surface area contributed by atoms with Gasteiger partial charge in [0.15, 0.2) is 0 Å². The lowest BCUT2D eigenvalue weighted by molar-refractivity contribution is -0.135. The molecule has 0 aromatic rings. The molecule has 0 aliphatic rings. The topological polar surface area (TPSA) is 89.6 Å². The van der Waals surface area contributed by atoms with Crippen molar-refractivity contribution in [3.05, 3.63) is 0 Å². The highest BCUT2D eigenvalue weighted by Gasteiger charge is 2.08. The monoisotopic (exact) mass is 179 g/mol. The van der Waals surface area contributed by atoms with E-state index in [1.54, 1.807) is 0 Å². The van der Waals surface area contributed by atoms with E-state index in [0.717, 1.165) is 0 Å². The van der Waals surface area contributed by atoms with Gasteiger partial charge >= 0.3 is 14.5 Å². The normalized spacial score (nSPS) is 12.3. The van der Waals surface area contributed by atoms with Crippen molar-refractivity contribution >= 4 is 20.3 Å². The minimum atomic E-state index is -2.13. The Morgan fingerprint density at radius 3 is 2.45 bits per heavy atom. The maximum absolute atomic E-state index is 10.6. The molecule has 11 heavy (non-hydrogen) atoms. The third-order valence-corrected chi connectivity index (χ3v) is 1.27. The summed E-state index contributed by atoms with van der Waals surface area (Å²) in [6.45, 7) is 1.37. The maximum Gasteiger partial charge on any atom is 0.314 e. The van der Waals surface area contributed by atoms with Crippen LogP contribution in [0.15, 0.2) is 0 Å². The van der Waals surface area contributed by atoms with Gasteiger partial charge in [-0.25, -0.2) is 0 Å². The van der Waals surface area contributed by atoms with Gasteiger partial charge in [0.25, 0.3) is 0 Å². The quantitative estimate of drug-likeness (QED) is 0.596. The fraction of sp³-hybridized carbons (Fsp3) is 0.600. The van der Waals surface area contributed by atoms with E-state index in [1.807, 2.05) is 0 Å². The summed E-state index contributed by atoms with van der Waals surface area (Å²) in [6, 6.07) is 0. The van der Waals surface area contributed by atoms with Crippen molar-refractivity contribution in [3.8, 4) is 0 Å². The number of carbonyl (C=O) groups is 2. The lowest BCUT2D eigenvalue weighted by Gasteiger charge is -2.02. The van der Waals surface area contributed by atoms with Gasteiger partial charge in [-0.15, -0.1) is 0 Å². The molecule has 0 saturated heterocycles. The summed E-state index contributed by atoms with van der Waals surface area (Å²) in [5.74, 6) is -0.738. The van der Waals surface area contributed by atoms with Gasteiger partial charge in [-0.2, -0.15) is 0 Å².